The van der Waals surface area contributed by atoms with Crippen LogP contribution in [-0.4, -0.2) is 18.2 Å². The minimum absolute atomic E-state index is 0.354. The van der Waals surface area contributed by atoms with Gasteiger partial charge in [-0.05, 0) is 40.8 Å². The maximum atomic E-state index is 13.1. The van der Waals surface area contributed by atoms with E-state index in [1.54, 1.807) is 24.3 Å². The van der Waals surface area contributed by atoms with E-state index in [0.717, 1.165) is 47.9 Å². The Morgan fingerprint density at radius 2 is 0.929 bits per heavy atom. The Labute approximate surface area is 248 Å². The van der Waals surface area contributed by atoms with Crippen LogP contribution in [0.4, 0.5) is 0 Å². The summed E-state index contributed by atoms with van der Waals surface area (Å²) < 4.78 is 0. The van der Waals surface area contributed by atoms with Gasteiger partial charge in [-0.2, -0.15) is 0 Å². The third-order valence-corrected chi connectivity index (χ3v) is 6.97. The number of hydrogen-bond acceptors (Lipinski definition) is 6. The van der Waals surface area contributed by atoms with Crippen molar-refractivity contribution in [2.45, 2.75) is 64.6 Å². The summed E-state index contributed by atoms with van der Waals surface area (Å²) in [5.74, 6) is -1.33. The van der Waals surface area contributed by atoms with E-state index in [0.29, 0.717) is 17.5 Å². The minimum Gasteiger partial charge on any atom is -0.290 e. The van der Waals surface area contributed by atoms with Gasteiger partial charge in [-0.15, -0.1) is 9.78 Å². The summed E-state index contributed by atoms with van der Waals surface area (Å²) in [7, 11) is 0. The normalized spacial score (nSPS) is 10.9. The van der Waals surface area contributed by atoms with Gasteiger partial charge in [0.25, 0.3) is 0 Å². The maximum Gasteiger partial charge on any atom is 0.373 e. The van der Waals surface area contributed by atoms with Crippen LogP contribution in [0, 0.1) is 0 Å². The molecule has 0 aliphatic rings. The van der Waals surface area contributed by atoms with E-state index < -0.39 is 18.2 Å². The molecule has 218 valence electrons. The first-order chi connectivity index (χ1) is 20.7. The molecule has 6 nitrogen and oxygen atoms in total. The van der Waals surface area contributed by atoms with Gasteiger partial charge in [0.2, 0.25) is 6.29 Å². The number of hydrogen-bond donors (Lipinski definition) is 0. The van der Waals surface area contributed by atoms with Crippen molar-refractivity contribution in [1.82, 2.24) is 0 Å². The molecule has 4 aromatic rings. The zero-order valence-electron chi connectivity index (χ0n) is 24.1. The van der Waals surface area contributed by atoms with Gasteiger partial charge in [0.15, 0.2) is 0 Å². The first-order valence-electron chi connectivity index (χ1n) is 14.7. The molecule has 0 aliphatic carbocycles. The highest BCUT2D eigenvalue weighted by atomic mass is 17.3. The van der Waals surface area contributed by atoms with Crippen LogP contribution >= 0.6 is 0 Å². The smallest absolute Gasteiger partial charge is 0.290 e. The molecule has 0 aliphatic heterocycles. The Kier molecular flexibility index (Phi) is 12.3. The number of rotatable bonds is 16. The van der Waals surface area contributed by atoms with E-state index in [-0.39, 0.29) is 0 Å². The van der Waals surface area contributed by atoms with Crippen molar-refractivity contribution in [2.75, 3.05) is 0 Å². The average Bonchev–Trinajstić information content (AvgIpc) is 3.05. The predicted octanol–water partition coefficient (Wildman–Crippen LogP) is 9.36. The topological polar surface area (TPSA) is 71.1 Å². The van der Waals surface area contributed by atoms with Crippen molar-refractivity contribution in [3.05, 3.63) is 120 Å². The van der Waals surface area contributed by atoms with Gasteiger partial charge in [0.1, 0.15) is 0 Å². The van der Waals surface area contributed by atoms with Crippen LogP contribution in [0.25, 0.3) is 22.3 Å². The summed E-state index contributed by atoms with van der Waals surface area (Å²) in [4.78, 5) is 47.5. The lowest BCUT2D eigenvalue weighted by atomic mass is 10.00. The highest BCUT2D eigenvalue weighted by molar-refractivity contribution is 5.97. The second-order valence-electron chi connectivity index (χ2n) is 10.1. The Hall–Kier alpha value is -4.26. The summed E-state index contributed by atoms with van der Waals surface area (Å²) in [6.07, 6.45) is 6.91. The van der Waals surface area contributed by atoms with E-state index in [9.17, 15) is 9.59 Å². The minimum atomic E-state index is -1.08. The summed E-state index contributed by atoms with van der Waals surface area (Å²) >= 11 is 0. The zero-order valence-corrected chi connectivity index (χ0v) is 24.1. The lowest BCUT2D eigenvalue weighted by Gasteiger charge is -2.16. The van der Waals surface area contributed by atoms with Crippen molar-refractivity contribution in [3.63, 3.8) is 0 Å². The van der Waals surface area contributed by atoms with Crippen molar-refractivity contribution in [3.8, 4) is 22.3 Å². The molecule has 0 N–H and O–H groups in total. The van der Waals surface area contributed by atoms with Crippen LogP contribution in [0.3, 0.4) is 0 Å². The molecule has 0 spiro atoms. The molecule has 0 fully saturated rings. The molecule has 0 bridgehead atoms. The molecule has 4 aromatic carbocycles. The quantitative estimate of drug-likeness (QED) is 0.0582. The van der Waals surface area contributed by atoms with Crippen molar-refractivity contribution in [2.24, 2.45) is 0 Å². The molecule has 0 amide bonds. The molecular formula is C36H38O6. The zero-order chi connectivity index (χ0) is 29.4. The van der Waals surface area contributed by atoms with Crippen LogP contribution < -0.4 is 0 Å². The number of unbranched alkanes of at least 4 members (excludes halogenated alkanes) is 6. The Morgan fingerprint density at radius 3 is 1.40 bits per heavy atom. The Morgan fingerprint density at radius 1 is 0.524 bits per heavy atom. The highest BCUT2D eigenvalue weighted by Crippen LogP contribution is 2.26. The van der Waals surface area contributed by atoms with Crippen LogP contribution in [0.15, 0.2) is 109 Å². The first-order valence-corrected chi connectivity index (χ1v) is 14.7. The molecule has 0 saturated heterocycles. The molecule has 0 atom stereocenters. The van der Waals surface area contributed by atoms with Gasteiger partial charge in [0, 0.05) is 6.42 Å². The van der Waals surface area contributed by atoms with Crippen LogP contribution in [0.2, 0.25) is 0 Å². The Balaban J connectivity index is 1.40. The standard InChI is InChI=1S/C36H38O6/c1-2-3-4-5-6-7-14-27-34(39-41-35(37)32-25-17-15-23-30(32)28-19-10-8-11-20-28)40-42-36(38)33-26-18-16-24-31(33)29-21-12-9-13-22-29/h8-13,15-26,34H,2-7,14,27H2,1H3. The number of benzene rings is 4. The van der Waals surface area contributed by atoms with Gasteiger partial charge < -0.3 is 0 Å². The van der Waals surface area contributed by atoms with Crippen molar-refractivity contribution >= 4 is 11.9 Å². The van der Waals surface area contributed by atoms with Gasteiger partial charge >= 0.3 is 11.9 Å². The third kappa shape index (κ3) is 9.13. The van der Waals surface area contributed by atoms with Crippen molar-refractivity contribution in [1.29, 1.82) is 0 Å². The van der Waals surface area contributed by atoms with Gasteiger partial charge in [-0.25, -0.2) is 9.59 Å². The van der Waals surface area contributed by atoms with Crippen LogP contribution in [0.5, 0.6) is 0 Å². The molecule has 0 heterocycles. The average molecular weight is 567 g/mol. The summed E-state index contributed by atoms with van der Waals surface area (Å²) in [6.45, 7) is 2.19. The summed E-state index contributed by atoms with van der Waals surface area (Å²) in [5.41, 5.74) is 3.92. The summed E-state index contributed by atoms with van der Waals surface area (Å²) in [6, 6.07) is 33.5. The van der Waals surface area contributed by atoms with Crippen molar-refractivity contribution < 1.29 is 29.1 Å². The second-order valence-corrected chi connectivity index (χ2v) is 10.1. The molecular weight excluding hydrogens is 528 g/mol. The van der Waals surface area contributed by atoms with E-state index in [1.165, 1.54) is 19.3 Å². The van der Waals surface area contributed by atoms with E-state index in [2.05, 4.69) is 6.92 Å². The van der Waals surface area contributed by atoms with Gasteiger partial charge in [-0.1, -0.05) is 143 Å². The lowest BCUT2D eigenvalue weighted by molar-refractivity contribution is -0.421. The molecule has 0 radical (unpaired) electrons. The molecule has 4 rings (SSSR count). The molecule has 42 heavy (non-hydrogen) atoms. The van der Waals surface area contributed by atoms with E-state index in [4.69, 9.17) is 19.6 Å². The fraction of sp³-hybridized carbons (Fsp3) is 0.278. The van der Waals surface area contributed by atoms with E-state index >= 15 is 0 Å². The van der Waals surface area contributed by atoms with Gasteiger partial charge in [0.05, 0.1) is 11.1 Å². The predicted molar refractivity (Wildman–Crippen MR) is 163 cm³/mol. The second kappa shape index (κ2) is 16.9. The highest BCUT2D eigenvalue weighted by Gasteiger charge is 2.22. The lowest BCUT2D eigenvalue weighted by Crippen LogP contribution is -2.22. The number of carbonyl (C=O) groups excluding carboxylic acids is 2. The largest absolute Gasteiger partial charge is 0.373 e. The Bertz CT molecular complexity index is 1290. The van der Waals surface area contributed by atoms with Crippen LogP contribution in [0.1, 0.15) is 79.0 Å². The fourth-order valence-electron chi connectivity index (χ4n) is 4.73. The molecule has 6 heteroatoms. The third-order valence-electron chi connectivity index (χ3n) is 6.97. The molecule has 0 unspecified atom stereocenters. The summed E-state index contributed by atoms with van der Waals surface area (Å²) in [5, 5.41) is 0. The fourth-order valence-corrected chi connectivity index (χ4v) is 4.73. The van der Waals surface area contributed by atoms with Crippen LogP contribution in [-0.2, 0) is 19.6 Å². The first kappa shape index (κ1) is 30.7. The monoisotopic (exact) mass is 566 g/mol. The molecule has 0 saturated carbocycles. The number of carbonyl (C=O) groups is 2. The maximum absolute atomic E-state index is 13.1. The molecule has 0 aromatic heterocycles. The van der Waals surface area contributed by atoms with E-state index in [1.807, 2.05) is 84.9 Å². The van der Waals surface area contributed by atoms with Gasteiger partial charge in [-0.3, -0.25) is 9.78 Å². The SMILES string of the molecule is CCCCCCCCCC(OOC(=O)c1ccccc1-c1ccccc1)OOC(=O)c1ccccc1-c1ccccc1.